The molecule has 1 aliphatic rings. The summed E-state index contributed by atoms with van der Waals surface area (Å²) in [4.78, 5) is 46.1. The van der Waals surface area contributed by atoms with Crippen molar-refractivity contribution in [1.29, 1.82) is 0 Å². The number of hydrogen-bond acceptors (Lipinski definition) is 4. The summed E-state index contributed by atoms with van der Waals surface area (Å²) in [5, 5.41) is 8.52. The number of anilines is 1. The minimum atomic E-state index is -0.813. The van der Waals surface area contributed by atoms with Crippen molar-refractivity contribution in [1.82, 2.24) is 20.6 Å². The first-order valence-corrected chi connectivity index (χ1v) is 11.1. The van der Waals surface area contributed by atoms with Gasteiger partial charge < -0.3 is 20.9 Å². The molecule has 0 saturated heterocycles. The van der Waals surface area contributed by atoms with Crippen LogP contribution in [-0.4, -0.2) is 33.7 Å². The van der Waals surface area contributed by atoms with E-state index in [9.17, 15) is 14.4 Å². The molecule has 0 bridgehead atoms. The zero-order valence-corrected chi connectivity index (χ0v) is 18.2. The van der Waals surface area contributed by atoms with Gasteiger partial charge in [0, 0.05) is 6.42 Å². The number of H-pyrrole nitrogens is 1. The zero-order chi connectivity index (χ0) is 23.5. The Balaban J connectivity index is 1.30. The Bertz CT molecular complexity index is 1330. The zero-order valence-electron chi connectivity index (χ0n) is 18.2. The highest BCUT2D eigenvalue weighted by Gasteiger charge is 2.28. The summed E-state index contributed by atoms with van der Waals surface area (Å²) >= 11 is 0. The molecule has 4 N–H and O–H groups in total. The van der Waals surface area contributed by atoms with Crippen molar-refractivity contribution in [3.63, 3.8) is 0 Å². The van der Waals surface area contributed by atoms with Crippen LogP contribution in [0.5, 0.6) is 0 Å². The lowest BCUT2D eigenvalue weighted by Crippen LogP contribution is -2.42. The number of carbonyl (C=O) groups is 3. The minimum Gasteiger partial charge on any atom is -0.342 e. The molecule has 8 nitrogen and oxygen atoms in total. The normalized spacial score (nSPS) is 16.2. The van der Waals surface area contributed by atoms with Gasteiger partial charge >= 0.3 is 0 Å². The first-order valence-electron chi connectivity index (χ1n) is 11.1. The number of nitrogens with zero attached hydrogens (tertiary/aromatic N) is 1. The van der Waals surface area contributed by atoms with E-state index in [0.29, 0.717) is 17.1 Å². The number of amides is 3. The standard InChI is InChI=1S/C26H23N5O3/c32-22(15-14-21-26(34)29-18-11-5-4-10-17(18)25(33)30-21)31-23(16-8-2-1-3-9-16)24-27-19-12-6-7-13-20(19)28-24/h1-13,21,23H,14-15H2,(H,27,28)(H,29,34)(H,30,33)(H,31,32)/t21-,23+/m1/s1. The van der Waals surface area contributed by atoms with Gasteiger partial charge in [-0.1, -0.05) is 54.6 Å². The quantitative estimate of drug-likeness (QED) is 0.358. The molecule has 2 heterocycles. The van der Waals surface area contributed by atoms with Crippen LogP contribution >= 0.6 is 0 Å². The molecule has 0 unspecified atom stereocenters. The summed E-state index contributed by atoms with van der Waals surface area (Å²) in [5.41, 5.74) is 3.43. The lowest BCUT2D eigenvalue weighted by molar-refractivity contribution is -0.122. The maximum absolute atomic E-state index is 13.0. The number of nitrogens with one attached hydrogen (secondary N) is 4. The first-order chi connectivity index (χ1) is 16.6. The van der Waals surface area contributed by atoms with Gasteiger partial charge in [-0.3, -0.25) is 14.4 Å². The molecule has 0 aliphatic carbocycles. The van der Waals surface area contributed by atoms with Gasteiger partial charge in [0.2, 0.25) is 11.8 Å². The van der Waals surface area contributed by atoms with Crippen LogP contribution in [0, 0.1) is 0 Å². The molecule has 0 fully saturated rings. The van der Waals surface area contributed by atoms with Gasteiger partial charge in [-0.2, -0.15) is 0 Å². The third-order valence-corrected chi connectivity index (χ3v) is 5.83. The summed E-state index contributed by atoms with van der Waals surface area (Å²) in [6, 6.07) is 22.8. The molecular weight excluding hydrogens is 430 g/mol. The number of fused-ring (bicyclic) bond motifs is 2. The van der Waals surface area contributed by atoms with Crippen LogP contribution < -0.4 is 16.0 Å². The predicted molar refractivity (Wildman–Crippen MR) is 128 cm³/mol. The average Bonchev–Trinajstić information content (AvgIpc) is 3.24. The Hall–Kier alpha value is -4.46. The third kappa shape index (κ3) is 4.38. The van der Waals surface area contributed by atoms with Crippen LogP contribution in [0.3, 0.4) is 0 Å². The fourth-order valence-corrected chi connectivity index (χ4v) is 4.09. The molecule has 5 rings (SSSR count). The van der Waals surface area contributed by atoms with E-state index in [1.807, 2.05) is 54.6 Å². The van der Waals surface area contributed by atoms with Gasteiger partial charge in [0.1, 0.15) is 17.9 Å². The van der Waals surface area contributed by atoms with Crippen LogP contribution in [0.15, 0.2) is 78.9 Å². The highest BCUT2D eigenvalue weighted by molar-refractivity contribution is 6.09. The molecule has 0 radical (unpaired) electrons. The van der Waals surface area contributed by atoms with Crippen molar-refractivity contribution in [3.8, 4) is 0 Å². The second kappa shape index (κ2) is 9.19. The molecule has 170 valence electrons. The molecule has 1 aromatic heterocycles. The lowest BCUT2D eigenvalue weighted by atomic mass is 10.1. The lowest BCUT2D eigenvalue weighted by Gasteiger charge is -2.19. The van der Waals surface area contributed by atoms with Gasteiger partial charge in [0.15, 0.2) is 0 Å². The van der Waals surface area contributed by atoms with Gasteiger partial charge in [0.25, 0.3) is 5.91 Å². The number of benzene rings is 3. The van der Waals surface area contributed by atoms with Crippen molar-refractivity contribution >= 4 is 34.4 Å². The largest absolute Gasteiger partial charge is 0.342 e. The second-order valence-corrected chi connectivity index (χ2v) is 8.15. The van der Waals surface area contributed by atoms with Crippen LogP contribution in [0.1, 0.15) is 40.6 Å². The Labute approximate surface area is 195 Å². The van der Waals surface area contributed by atoms with Crippen LogP contribution in [0.25, 0.3) is 11.0 Å². The topological polar surface area (TPSA) is 116 Å². The number of para-hydroxylation sites is 3. The summed E-state index contributed by atoms with van der Waals surface area (Å²) in [5.74, 6) is -0.318. The van der Waals surface area contributed by atoms with E-state index >= 15 is 0 Å². The van der Waals surface area contributed by atoms with Crippen molar-refractivity contribution in [2.45, 2.75) is 24.9 Å². The third-order valence-electron chi connectivity index (χ3n) is 5.83. The van der Waals surface area contributed by atoms with Gasteiger partial charge in [-0.05, 0) is 36.2 Å². The van der Waals surface area contributed by atoms with Crippen LogP contribution in [0.2, 0.25) is 0 Å². The van der Waals surface area contributed by atoms with Crippen LogP contribution in [0.4, 0.5) is 5.69 Å². The van der Waals surface area contributed by atoms with Gasteiger partial charge in [0.05, 0.1) is 22.3 Å². The molecule has 0 saturated carbocycles. The molecule has 3 aromatic carbocycles. The monoisotopic (exact) mass is 453 g/mol. The van der Waals surface area contributed by atoms with Crippen molar-refractivity contribution in [3.05, 3.63) is 95.8 Å². The molecule has 34 heavy (non-hydrogen) atoms. The fourth-order valence-electron chi connectivity index (χ4n) is 4.09. The summed E-state index contributed by atoms with van der Waals surface area (Å²) in [7, 11) is 0. The molecule has 3 amide bonds. The van der Waals surface area contributed by atoms with Crippen molar-refractivity contribution < 1.29 is 14.4 Å². The summed E-state index contributed by atoms with van der Waals surface area (Å²) < 4.78 is 0. The SMILES string of the molecule is O=C(CC[C@H]1NC(=O)c2ccccc2NC1=O)N[C@@H](c1ccccc1)c1nc2ccccc2[nH]1. The van der Waals surface area contributed by atoms with Gasteiger partial charge in [-0.15, -0.1) is 0 Å². The maximum Gasteiger partial charge on any atom is 0.254 e. The number of aromatic amines is 1. The highest BCUT2D eigenvalue weighted by atomic mass is 16.2. The summed E-state index contributed by atoms with van der Waals surface area (Å²) in [6.45, 7) is 0. The van der Waals surface area contributed by atoms with E-state index in [1.54, 1.807) is 24.3 Å². The number of carbonyl (C=O) groups excluding carboxylic acids is 3. The summed E-state index contributed by atoms with van der Waals surface area (Å²) in [6.07, 6.45) is 0.220. The van der Waals surface area contributed by atoms with E-state index in [1.165, 1.54) is 0 Å². The highest BCUT2D eigenvalue weighted by Crippen LogP contribution is 2.23. The van der Waals surface area contributed by atoms with E-state index in [4.69, 9.17) is 0 Å². The Morgan fingerprint density at radius 2 is 1.68 bits per heavy atom. The number of hydrogen-bond donors (Lipinski definition) is 4. The average molecular weight is 454 g/mol. The Morgan fingerprint density at radius 1 is 0.941 bits per heavy atom. The molecule has 2 atom stereocenters. The maximum atomic E-state index is 13.0. The molecule has 1 aliphatic heterocycles. The van der Waals surface area contributed by atoms with Crippen LogP contribution in [-0.2, 0) is 9.59 Å². The first kappa shape index (κ1) is 21.4. The van der Waals surface area contributed by atoms with E-state index in [-0.39, 0.29) is 30.6 Å². The van der Waals surface area contributed by atoms with E-state index in [0.717, 1.165) is 16.6 Å². The molecule has 8 heteroatoms. The van der Waals surface area contributed by atoms with Gasteiger partial charge in [-0.25, -0.2) is 4.98 Å². The van der Waals surface area contributed by atoms with E-state index < -0.39 is 12.1 Å². The molecule has 0 spiro atoms. The number of aromatic nitrogens is 2. The smallest absolute Gasteiger partial charge is 0.254 e. The predicted octanol–water partition coefficient (Wildman–Crippen LogP) is 3.30. The van der Waals surface area contributed by atoms with Crippen molar-refractivity contribution in [2.75, 3.05) is 5.32 Å². The number of imidazole rings is 1. The fraction of sp³-hybridized carbons (Fsp3) is 0.154. The second-order valence-electron chi connectivity index (χ2n) is 8.15. The minimum absolute atomic E-state index is 0.0538. The molecule has 4 aromatic rings. The van der Waals surface area contributed by atoms with E-state index in [2.05, 4.69) is 25.9 Å². The van der Waals surface area contributed by atoms with Crippen molar-refractivity contribution in [2.24, 2.45) is 0 Å². The number of rotatable bonds is 6. The Kier molecular flexibility index (Phi) is 5.78. The molecular formula is C26H23N5O3. The Morgan fingerprint density at radius 3 is 2.50 bits per heavy atom.